The number of rotatable bonds is 7. The third kappa shape index (κ3) is 4.91. The highest BCUT2D eigenvalue weighted by Gasteiger charge is 2.10. The molecular weight excluding hydrogens is 405 g/mol. The van der Waals surface area contributed by atoms with Gasteiger partial charge in [-0.25, -0.2) is 4.39 Å². The molecule has 0 spiro atoms. The number of hydrogen-bond donors (Lipinski definition) is 0. The molecule has 0 fully saturated rings. The lowest BCUT2D eigenvalue weighted by Crippen LogP contribution is -1.98. The molecule has 0 heterocycles. The van der Waals surface area contributed by atoms with Crippen molar-refractivity contribution in [2.45, 2.75) is 6.61 Å². The summed E-state index contributed by atoms with van der Waals surface area (Å²) in [6.45, 7) is 0.0661. The van der Waals surface area contributed by atoms with E-state index < -0.39 is 0 Å². The van der Waals surface area contributed by atoms with Gasteiger partial charge in [0.05, 0.1) is 30.9 Å². The number of hydrogen-bond acceptors (Lipinski definition) is 4. The number of nitrogens with zero attached hydrogens (tertiary/aromatic N) is 1. The van der Waals surface area contributed by atoms with Gasteiger partial charge in [-0.2, -0.15) is 5.26 Å². The van der Waals surface area contributed by atoms with Crippen molar-refractivity contribution in [3.63, 3.8) is 0 Å². The summed E-state index contributed by atoms with van der Waals surface area (Å²) < 4.78 is 29.9. The van der Waals surface area contributed by atoms with Crippen molar-refractivity contribution in [3.8, 4) is 23.3 Å². The molecule has 0 bridgehead atoms. The summed E-state index contributed by atoms with van der Waals surface area (Å²) in [6.07, 6.45) is 1.72. The average molecular weight is 424 g/mol. The largest absolute Gasteiger partial charge is 0.493 e. The number of halogens is 2. The molecule has 3 aromatic carbocycles. The summed E-state index contributed by atoms with van der Waals surface area (Å²) in [6, 6.07) is 19.0. The Balaban J connectivity index is 1.82. The maximum absolute atomic E-state index is 13.7. The summed E-state index contributed by atoms with van der Waals surface area (Å²) in [5.41, 5.74) is 2.29. The van der Waals surface area contributed by atoms with Crippen LogP contribution < -0.4 is 14.2 Å². The molecule has 3 rings (SSSR count). The van der Waals surface area contributed by atoms with Crippen LogP contribution in [-0.4, -0.2) is 14.2 Å². The van der Waals surface area contributed by atoms with Gasteiger partial charge in [0, 0.05) is 5.56 Å². The molecule has 0 aromatic heterocycles. The van der Waals surface area contributed by atoms with Crippen LogP contribution in [0.5, 0.6) is 17.2 Å². The van der Waals surface area contributed by atoms with E-state index in [2.05, 4.69) is 6.07 Å². The molecule has 0 aliphatic rings. The second-order valence-electron chi connectivity index (χ2n) is 6.31. The standard InChI is InChI=1S/C24H19ClFNO3/c1-28-23-10-8-17(13-24(23)29-2)19(14-27)11-16-7-9-22(20(25)12-16)30-15-18-5-3-4-6-21(18)26/h3-13H,15H2,1-2H3/b19-11+. The molecule has 152 valence electrons. The zero-order valence-corrected chi connectivity index (χ0v) is 17.2. The molecule has 0 aliphatic heterocycles. The minimum Gasteiger partial charge on any atom is -0.493 e. The quantitative estimate of drug-likeness (QED) is 0.338. The number of benzene rings is 3. The first-order valence-corrected chi connectivity index (χ1v) is 9.43. The Morgan fingerprint density at radius 2 is 1.73 bits per heavy atom. The first-order chi connectivity index (χ1) is 14.5. The second-order valence-corrected chi connectivity index (χ2v) is 6.72. The van der Waals surface area contributed by atoms with Crippen molar-refractivity contribution in [1.82, 2.24) is 0 Å². The topological polar surface area (TPSA) is 51.5 Å². The van der Waals surface area contributed by atoms with E-state index in [1.807, 2.05) is 0 Å². The highest BCUT2D eigenvalue weighted by Crippen LogP contribution is 2.32. The molecule has 0 atom stereocenters. The minimum absolute atomic E-state index is 0.0661. The van der Waals surface area contributed by atoms with E-state index in [-0.39, 0.29) is 12.4 Å². The van der Waals surface area contributed by atoms with E-state index in [4.69, 9.17) is 25.8 Å². The van der Waals surface area contributed by atoms with E-state index in [9.17, 15) is 9.65 Å². The molecule has 30 heavy (non-hydrogen) atoms. The van der Waals surface area contributed by atoms with Gasteiger partial charge in [-0.05, 0) is 53.6 Å². The fourth-order valence-corrected chi connectivity index (χ4v) is 3.09. The minimum atomic E-state index is -0.332. The van der Waals surface area contributed by atoms with Crippen LogP contribution in [0.25, 0.3) is 11.6 Å². The summed E-state index contributed by atoms with van der Waals surface area (Å²) in [5.74, 6) is 1.22. The van der Waals surface area contributed by atoms with Crippen molar-refractivity contribution in [2.75, 3.05) is 14.2 Å². The van der Waals surface area contributed by atoms with E-state index in [1.54, 1.807) is 67.8 Å². The lowest BCUT2D eigenvalue weighted by Gasteiger charge is -2.10. The van der Waals surface area contributed by atoms with Gasteiger partial charge in [0.1, 0.15) is 18.2 Å². The third-order valence-corrected chi connectivity index (χ3v) is 4.72. The van der Waals surface area contributed by atoms with Crippen LogP contribution in [0.2, 0.25) is 5.02 Å². The van der Waals surface area contributed by atoms with Gasteiger partial charge in [0.15, 0.2) is 11.5 Å². The van der Waals surface area contributed by atoms with Gasteiger partial charge >= 0.3 is 0 Å². The maximum Gasteiger partial charge on any atom is 0.161 e. The predicted molar refractivity (Wildman–Crippen MR) is 115 cm³/mol. The molecular formula is C24H19ClFNO3. The Kier molecular flexibility index (Phi) is 6.95. The summed E-state index contributed by atoms with van der Waals surface area (Å²) in [4.78, 5) is 0. The summed E-state index contributed by atoms with van der Waals surface area (Å²) in [7, 11) is 3.09. The van der Waals surface area contributed by atoms with Gasteiger partial charge in [0.25, 0.3) is 0 Å². The van der Waals surface area contributed by atoms with Crippen LogP contribution >= 0.6 is 11.6 Å². The zero-order valence-electron chi connectivity index (χ0n) is 16.5. The predicted octanol–water partition coefficient (Wildman–Crippen LogP) is 6.14. The van der Waals surface area contributed by atoms with E-state index in [0.29, 0.717) is 39.0 Å². The molecule has 0 N–H and O–H groups in total. The first-order valence-electron chi connectivity index (χ1n) is 9.05. The van der Waals surface area contributed by atoms with Gasteiger partial charge in [-0.3, -0.25) is 0 Å². The van der Waals surface area contributed by atoms with Crippen LogP contribution in [0, 0.1) is 17.1 Å². The molecule has 0 saturated heterocycles. The molecule has 6 heteroatoms. The number of methoxy groups -OCH3 is 2. The fourth-order valence-electron chi connectivity index (χ4n) is 2.85. The lowest BCUT2D eigenvalue weighted by atomic mass is 10.0. The number of nitriles is 1. The van der Waals surface area contributed by atoms with Crippen molar-refractivity contribution in [2.24, 2.45) is 0 Å². The van der Waals surface area contributed by atoms with Crippen LogP contribution in [-0.2, 0) is 6.61 Å². The normalized spacial score (nSPS) is 11.0. The Morgan fingerprint density at radius 3 is 2.40 bits per heavy atom. The SMILES string of the molecule is COc1ccc(/C(C#N)=C/c2ccc(OCc3ccccc3F)c(Cl)c2)cc1OC. The van der Waals surface area contributed by atoms with Crippen LogP contribution in [0.15, 0.2) is 60.7 Å². The van der Waals surface area contributed by atoms with E-state index >= 15 is 0 Å². The van der Waals surface area contributed by atoms with Crippen LogP contribution in [0.4, 0.5) is 4.39 Å². The smallest absolute Gasteiger partial charge is 0.161 e. The summed E-state index contributed by atoms with van der Waals surface area (Å²) >= 11 is 6.33. The first kappa shape index (κ1) is 21.2. The highest BCUT2D eigenvalue weighted by atomic mass is 35.5. The second kappa shape index (κ2) is 9.82. The van der Waals surface area contributed by atoms with Crippen molar-refractivity contribution < 1.29 is 18.6 Å². The van der Waals surface area contributed by atoms with Gasteiger partial charge < -0.3 is 14.2 Å². The van der Waals surface area contributed by atoms with Gasteiger partial charge in [-0.1, -0.05) is 35.9 Å². The van der Waals surface area contributed by atoms with Gasteiger partial charge in [-0.15, -0.1) is 0 Å². The molecule has 0 aliphatic carbocycles. The number of ether oxygens (including phenoxy) is 3. The van der Waals surface area contributed by atoms with Gasteiger partial charge in [0.2, 0.25) is 0 Å². The van der Waals surface area contributed by atoms with Crippen LogP contribution in [0.3, 0.4) is 0 Å². The molecule has 4 nitrogen and oxygen atoms in total. The van der Waals surface area contributed by atoms with Crippen LogP contribution in [0.1, 0.15) is 16.7 Å². The van der Waals surface area contributed by atoms with E-state index in [0.717, 1.165) is 5.56 Å². The molecule has 0 radical (unpaired) electrons. The fraction of sp³-hybridized carbons (Fsp3) is 0.125. The van der Waals surface area contributed by atoms with E-state index in [1.165, 1.54) is 13.2 Å². The third-order valence-electron chi connectivity index (χ3n) is 4.42. The molecule has 0 amide bonds. The maximum atomic E-state index is 13.7. The summed E-state index contributed by atoms with van der Waals surface area (Å²) in [5, 5.41) is 9.97. The van der Waals surface area contributed by atoms with Crippen molar-refractivity contribution in [1.29, 1.82) is 5.26 Å². The lowest BCUT2D eigenvalue weighted by molar-refractivity contribution is 0.300. The Hall–Kier alpha value is -3.49. The molecule has 0 unspecified atom stereocenters. The number of allylic oxidation sites excluding steroid dienone is 1. The Bertz CT molecular complexity index is 1120. The van der Waals surface area contributed by atoms with Crippen molar-refractivity contribution >= 4 is 23.3 Å². The Labute approximate surface area is 179 Å². The van der Waals surface area contributed by atoms with Crippen molar-refractivity contribution in [3.05, 3.63) is 88.2 Å². The molecule has 3 aromatic rings. The monoisotopic (exact) mass is 423 g/mol. The highest BCUT2D eigenvalue weighted by molar-refractivity contribution is 6.32. The molecule has 0 saturated carbocycles. The Morgan fingerprint density at radius 1 is 1.00 bits per heavy atom. The zero-order chi connectivity index (χ0) is 21.5. The average Bonchev–Trinajstić information content (AvgIpc) is 2.77.